The van der Waals surface area contributed by atoms with Crippen molar-refractivity contribution in [3.8, 4) is 0 Å². The number of ketones is 1. The summed E-state index contributed by atoms with van der Waals surface area (Å²) >= 11 is 0. The first-order valence-electron chi connectivity index (χ1n) is 8.46. The van der Waals surface area contributed by atoms with E-state index in [1.54, 1.807) is 36.1 Å². The van der Waals surface area contributed by atoms with E-state index in [1.165, 1.54) is 0 Å². The number of hydrogen-bond acceptors (Lipinski definition) is 5. The second kappa shape index (κ2) is 9.64. The molecule has 2 N–H and O–H groups in total. The van der Waals surface area contributed by atoms with Crippen LogP contribution in [0.1, 0.15) is 47.9 Å². The Kier molecular flexibility index (Phi) is 7.22. The molecule has 0 fully saturated rings. The number of hydrogen-bond donors (Lipinski definition) is 2. The number of unbranched alkanes of at least 4 members (excludes halogenated alkanes) is 1. The quantitative estimate of drug-likeness (QED) is 0.540. The van der Waals surface area contributed by atoms with Crippen LogP contribution in [0.3, 0.4) is 0 Å². The molecule has 25 heavy (non-hydrogen) atoms. The molecular weight excluding hydrogens is 318 g/mol. The van der Waals surface area contributed by atoms with E-state index in [0.717, 1.165) is 24.8 Å². The van der Waals surface area contributed by atoms with Gasteiger partial charge in [0.05, 0.1) is 6.42 Å². The van der Waals surface area contributed by atoms with Gasteiger partial charge in [0.2, 0.25) is 0 Å². The van der Waals surface area contributed by atoms with Gasteiger partial charge in [-0.3, -0.25) is 14.8 Å². The van der Waals surface area contributed by atoms with Crippen LogP contribution in [0, 0.1) is 5.92 Å². The molecule has 0 aliphatic rings. The Balaban J connectivity index is 2.06. The minimum atomic E-state index is -0.550. The first kappa shape index (κ1) is 18.7. The average Bonchev–Trinajstić information content (AvgIpc) is 2.65. The van der Waals surface area contributed by atoms with E-state index >= 15 is 0 Å². The highest BCUT2D eigenvalue weighted by Crippen LogP contribution is 2.18. The Morgan fingerprint density at radius 1 is 1.16 bits per heavy atom. The molecule has 2 rings (SSSR count). The molecule has 0 saturated heterocycles. The maximum atomic E-state index is 12.7. The lowest BCUT2D eigenvalue weighted by molar-refractivity contribution is -0.122. The van der Waals surface area contributed by atoms with Crippen LogP contribution < -0.4 is 5.48 Å². The van der Waals surface area contributed by atoms with E-state index < -0.39 is 5.91 Å². The Labute approximate surface area is 147 Å². The van der Waals surface area contributed by atoms with E-state index in [0.29, 0.717) is 17.8 Å². The molecule has 0 spiro atoms. The smallest absolute Gasteiger partial charge is 0.274 e. The molecule has 1 atom stereocenters. The second-order valence-electron chi connectivity index (χ2n) is 5.99. The lowest BCUT2D eigenvalue weighted by Crippen LogP contribution is -2.21. The molecule has 1 aromatic carbocycles. The van der Waals surface area contributed by atoms with Crippen molar-refractivity contribution >= 4 is 11.7 Å². The van der Waals surface area contributed by atoms with Crippen molar-refractivity contribution in [2.75, 3.05) is 0 Å². The number of rotatable bonds is 9. The monoisotopic (exact) mass is 341 g/mol. The van der Waals surface area contributed by atoms with Gasteiger partial charge in [-0.1, -0.05) is 31.9 Å². The Bertz CT molecular complexity index is 687. The summed E-state index contributed by atoms with van der Waals surface area (Å²) in [6.07, 6.45) is 6.97. The highest BCUT2D eigenvalue weighted by atomic mass is 16.5. The van der Waals surface area contributed by atoms with Gasteiger partial charge in [0.1, 0.15) is 11.6 Å². The molecule has 0 bridgehead atoms. The molecule has 6 heteroatoms. The zero-order valence-corrected chi connectivity index (χ0v) is 14.3. The topological polar surface area (TPSA) is 92.2 Å². The first-order valence-corrected chi connectivity index (χ1v) is 8.46. The van der Waals surface area contributed by atoms with Crippen molar-refractivity contribution < 1.29 is 14.8 Å². The van der Waals surface area contributed by atoms with Gasteiger partial charge in [0, 0.05) is 23.9 Å². The summed E-state index contributed by atoms with van der Waals surface area (Å²) in [5.41, 5.74) is 2.97. The third-order valence-electron chi connectivity index (χ3n) is 4.11. The number of carbonyl (C=O) groups is 2. The summed E-state index contributed by atoms with van der Waals surface area (Å²) in [6.45, 7) is 2.10. The number of amides is 1. The van der Waals surface area contributed by atoms with Crippen LogP contribution >= 0.6 is 0 Å². The number of Topliss-reactive ketones (excluding diaryl/α,β-unsaturated/α-hetero) is 1. The molecule has 2 aromatic rings. The summed E-state index contributed by atoms with van der Waals surface area (Å²) in [4.78, 5) is 32.3. The van der Waals surface area contributed by atoms with Crippen LogP contribution in [-0.2, 0) is 17.6 Å². The standard InChI is InChI=1S/C19H23N3O3/c1-2-3-5-16(17(23)13-18-20-10-4-11-21-18)12-14-6-8-15(9-7-14)19(24)22-25/h4,6-11,16,25H,2-3,5,12-13H2,1H3,(H,22,24). The molecule has 0 radical (unpaired) electrons. The molecule has 1 amide bonds. The van der Waals surface area contributed by atoms with E-state index in [-0.39, 0.29) is 18.1 Å². The number of benzene rings is 1. The minimum Gasteiger partial charge on any atom is -0.299 e. The Morgan fingerprint density at radius 3 is 2.44 bits per heavy atom. The summed E-state index contributed by atoms with van der Waals surface area (Å²) in [6, 6.07) is 8.64. The van der Waals surface area contributed by atoms with Gasteiger partial charge in [-0.25, -0.2) is 15.4 Å². The van der Waals surface area contributed by atoms with E-state index in [4.69, 9.17) is 5.21 Å². The molecule has 0 aliphatic heterocycles. The Morgan fingerprint density at radius 2 is 1.84 bits per heavy atom. The fraction of sp³-hybridized carbons (Fsp3) is 0.368. The van der Waals surface area contributed by atoms with Crippen molar-refractivity contribution in [1.82, 2.24) is 15.4 Å². The third kappa shape index (κ3) is 5.76. The number of nitrogens with one attached hydrogen (secondary N) is 1. The van der Waals surface area contributed by atoms with Crippen molar-refractivity contribution in [3.05, 3.63) is 59.7 Å². The fourth-order valence-electron chi connectivity index (χ4n) is 2.69. The zero-order chi connectivity index (χ0) is 18.1. The van der Waals surface area contributed by atoms with Crippen LogP contribution in [0.2, 0.25) is 0 Å². The summed E-state index contributed by atoms with van der Waals surface area (Å²) in [7, 11) is 0. The third-order valence-corrected chi connectivity index (χ3v) is 4.11. The van der Waals surface area contributed by atoms with Gasteiger partial charge in [-0.05, 0) is 36.6 Å². The van der Waals surface area contributed by atoms with Gasteiger partial charge in [0.25, 0.3) is 5.91 Å². The molecule has 0 saturated carbocycles. The zero-order valence-electron chi connectivity index (χ0n) is 14.3. The predicted molar refractivity (Wildman–Crippen MR) is 93.2 cm³/mol. The molecule has 6 nitrogen and oxygen atoms in total. The van der Waals surface area contributed by atoms with Crippen molar-refractivity contribution in [2.45, 2.75) is 39.0 Å². The van der Waals surface area contributed by atoms with Gasteiger partial charge in [0.15, 0.2) is 0 Å². The number of nitrogens with zero attached hydrogens (tertiary/aromatic N) is 2. The number of hydroxylamine groups is 1. The predicted octanol–water partition coefficient (Wildman–Crippen LogP) is 2.76. The van der Waals surface area contributed by atoms with Crippen LogP contribution in [0.15, 0.2) is 42.7 Å². The normalized spacial score (nSPS) is 11.8. The molecule has 1 aromatic heterocycles. The Hall–Kier alpha value is -2.60. The average molecular weight is 341 g/mol. The first-order chi connectivity index (χ1) is 12.1. The second-order valence-corrected chi connectivity index (χ2v) is 5.99. The maximum Gasteiger partial charge on any atom is 0.274 e. The van der Waals surface area contributed by atoms with Crippen molar-refractivity contribution in [1.29, 1.82) is 0 Å². The van der Waals surface area contributed by atoms with E-state index in [1.807, 2.05) is 12.1 Å². The minimum absolute atomic E-state index is 0.0960. The lowest BCUT2D eigenvalue weighted by atomic mass is 9.88. The van der Waals surface area contributed by atoms with Gasteiger partial charge in [-0.2, -0.15) is 0 Å². The number of carbonyl (C=O) groups excluding carboxylic acids is 2. The maximum absolute atomic E-state index is 12.7. The lowest BCUT2D eigenvalue weighted by Gasteiger charge is -2.15. The highest BCUT2D eigenvalue weighted by Gasteiger charge is 2.20. The molecule has 1 unspecified atom stereocenters. The molecule has 1 heterocycles. The largest absolute Gasteiger partial charge is 0.299 e. The highest BCUT2D eigenvalue weighted by molar-refractivity contribution is 5.93. The SMILES string of the molecule is CCCCC(Cc1ccc(C(=O)NO)cc1)C(=O)Cc1ncccn1. The number of aromatic nitrogens is 2. The fourth-order valence-corrected chi connectivity index (χ4v) is 2.69. The van der Waals surface area contributed by atoms with Crippen LogP contribution in [0.5, 0.6) is 0 Å². The summed E-state index contributed by atoms with van der Waals surface area (Å²) in [5, 5.41) is 8.66. The van der Waals surface area contributed by atoms with Crippen LogP contribution in [0.25, 0.3) is 0 Å². The van der Waals surface area contributed by atoms with Gasteiger partial charge in [-0.15, -0.1) is 0 Å². The molecule has 0 aliphatic carbocycles. The van der Waals surface area contributed by atoms with Crippen molar-refractivity contribution in [2.24, 2.45) is 5.92 Å². The van der Waals surface area contributed by atoms with Crippen LogP contribution in [0.4, 0.5) is 0 Å². The van der Waals surface area contributed by atoms with Gasteiger partial charge < -0.3 is 0 Å². The van der Waals surface area contributed by atoms with Gasteiger partial charge >= 0.3 is 0 Å². The van der Waals surface area contributed by atoms with E-state index in [2.05, 4.69) is 16.9 Å². The molecular formula is C19H23N3O3. The van der Waals surface area contributed by atoms with Crippen LogP contribution in [-0.4, -0.2) is 26.9 Å². The van der Waals surface area contributed by atoms with Crippen molar-refractivity contribution in [3.63, 3.8) is 0 Å². The van der Waals surface area contributed by atoms with E-state index in [9.17, 15) is 9.59 Å². The summed E-state index contributed by atoms with van der Waals surface area (Å²) in [5.74, 6) is 0.0356. The molecule has 132 valence electrons. The summed E-state index contributed by atoms with van der Waals surface area (Å²) < 4.78 is 0.